The van der Waals surface area contributed by atoms with E-state index in [2.05, 4.69) is 31.9 Å². The summed E-state index contributed by atoms with van der Waals surface area (Å²) >= 11 is 0. The number of esters is 1. The highest BCUT2D eigenvalue weighted by atomic mass is 16.5. The molecule has 0 amide bonds. The Kier molecular flexibility index (Phi) is 11.1. The van der Waals surface area contributed by atoms with E-state index in [1.54, 1.807) is 28.4 Å². The van der Waals surface area contributed by atoms with Crippen molar-refractivity contribution < 1.29 is 28.5 Å². The predicted molar refractivity (Wildman–Crippen MR) is 150 cm³/mol. The summed E-state index contributed by atoms with van der Waals surface area (Å²) in [6, 6.07) is 10.1. The van der Waals surface area contributed by atoms with Crippen molar-refractivity contribution in [2.45, 2.75) is 58.5 Å². The molecule has 0 saturated carbocycles. The molecule has 0 aliphatic heterocycles. The fourth-order valence-corrected chi connectivity index (χ4v) is 5.21. The molecule has 0 N–H and O–H groups in total. The summed E-state index contributed by atoms with van der Waals surface area (Å²) in [5, 5.41) is 0. The van der Waals surface area contributed by atoms with Crippen LogP contribution in [0.3, 0.4) is 0 Å². The van der Waals surface area contributed by atoms with Gasteiger partial charge in [-0.3, -0.25) is 4.79 Å². The zero-order valence-corrected chi connectivity index (χ0v) is 24.2. The third-order valence-electron chi connectivity index (χ3n) is 7.56. The van der Waals surface area contributed by atoms with Gasteiger partial charge in [-0.05, 0) is 99.0 Å². The second kappa shape index (κ2) is 14.3. The van der Waals surface area contributed by atoms with Gasteiger partial charge in [-0.25, -0.2) is 0 Å². The van der Waals surface area contributed by atoms with Crippen LogP contribution in [-0.4, -0.2) is 59.4 Å². The number of benzene rings is 2. The van der Waals surface area contributed by atoms with Crippen LogP contribution in [0.4, 0.5) is 0 Å². The van der Waals surface area contributed by atoms with E-state index < -0.39 is 0 Å². The lowest BCUT2D eigenvalue weighted by molar-refractivity contribution is -0.157. The lowest BCUT2D eigenvalue weighted by atomic mass is 9.88. The quantitative estimate of drug-likeness (QED) is 0.285. The van der Waals surface area contributed by atoms with Crippen molar-refractivity contribution in [1.82, 2.24) is 4.90 Å². The Bertz CT molecular complexity index is 1050. The average molecular weight is 528 g/mol. The molecule has 0 radical (unpaired) electrons. The van der Waals surface area contributed by atoms with Crippen molar-refractivity contribution in [3.63, 3.8) is 0 Å². The maximum Gasteiger partial charge on any atom is 0.309 e. The minimum Gasteiger partial charge on any atom is -0.493 e. The van der Waals surface area contributed by atoms with Crippen LogP contribution < -0.4 is 18.9 Å². The molecular weight excluding hydrogens is 482 g/mol. The van der Waals surface area contributed by atoms with E-state index in [0.29, 0.717) is 11.5 Å². The van der Waals surface area contributed by atoms with Gasteiger partial charge in [0.25, 0.3) is 0 Å². The maximum absolute atomic E-state index is 13.3. The molecule has 3 rings (SSSR count). The summed E-state index contributed by atoms with van der Waals surface area (Å²) in [5.41, 5.74) is 3.42. The number of fused-ring (bicyclic) bond motifs is 1. The molecule has 0 bridgehead atoms. The summed E-state index contributed by atoms with van der Waals surface area (Å²) < 4.78 is 27.9. The van der Waals surface area contributed by atoms with Crippen LogP contribution in [0.2, 0.25) is 0 Å². The lowest BCUT2D eigenvalue weighted by Crippen LogP contribution is -2.28. The standard InChI is InChI=1S/C31H45NO6/c1-21(2)24(11-9-16-32(3)17-15-22-13-14-27(34-4)28(18-22)35-5)31(33)38-26-12-8-10-23-19-29(36-6)30(37-7)20-25(23)26/h13-14,18-21,24,26H,8-12,15-17H2,1-7H3/t24-,26+/m1/s1. The smallest absolute Gasteiger partial charge is 0.309 e. The number of carbonyl (C=O) groups excluding carboxylic acids is 1. The van der Waals surface area contributed by atoms with Gasteiger partial charge < -0.3 is 28.6 Å². The molecule has 7 heteroatoms. The van der Waals surface area contributed by atoms with Gasteiger partial charge in [0, 0.05) is 6.54 Å². The van der Waals surface area contributed by atoms with E-state index in [1.807, 2.05) is 24.3 Å². The normalized spacial score (nSPS) is 15.7. The summed E-state index contributed by atoms with van der Waals surface area (Å²) in [4.78, 5) is 15.6. The minimum absolute atomic E-state index is 0.0967. The van der Waals surface area contributed by atoms with Gasteiger partial charge in [0.15, 0.2) is 23.0 Å². The largest absolute Gasteiger partial charge is 0.493 e. The average Bonchev–Trinajstić information content (AvgIpc) is 2.92. The monoisotopic (exact) mass is 527 g/mol. The van der Waals surface area contributed by atoms with E-state index in [1.165, 1.54) is 11.1 Å². The number of carbonyl (C=O) groups is 1. The number of hydrogen-bond acceptors (Lipinski definition) is 7. The van der Waals surface area contributed by atoms with Gasteiger partial charge in [-0.15, -0.1) is 0 Å². The number of methoxy groups -OCH3 is 4. The number of aryl methyl sites for hydroxylation is 1. The molecule has 0 saturated heterocycles. The third-order valence-corrected chi connectivity index (χ3v) is 7.56. The van der Waals surface area contributed by atoms with Gasteiger partial charge in [0.1, 0.15) is 6.10 Å². The number of nitrogens with zero attached hydrogens (tertiary/aromatic N) is 1. The highest BCUT2D eigenvalue weighted by Gasteiger charge is 2.30. The van der Waals surface area contributed by atoms with Crippen LogP contribution in [0.5, 0.6) is 23.0 Å². The molecule has 0 unspecified atom stereocenters. The Morgan fingerprint density at radius 2 is 1.58 bits per heavy atom. The van der Waals surface area contributed by atoms with Crippen molar-refractivity contribution in [1.29, 1.82) is 0 Å². The van der Waals surface area contributed by atoms with Crippen molar-refractivity contribution in [2.24, 2.45) is 11.8 Å². The SMILES string of the molecule is COc1ccc(CCN(C)CCC[C@@H](C(=O)O[C@H]2CCCc3cc(OC)c(OC)cc32)C(C)C)cc1OC. The van der Waals surface area contributed by atoms with Crippen molar-refractivity contribution in [2.75, 3.05) is 48.6 Å². The van der Waals surface area contributed by atoms with Crippen molar-refractivity contribution >= 4 is 5.97 Å². The van der Waals surface area contributed by atoms with E-state index in [4.69, 9.17) is 23.7 Å². The Balaban J connectivity index is 1.53. The van der Waals surface area contributed by atoms with Crippen molar-refractivity contribution in [3.05, 3.63) is 47.0 Å². The Hall–Kier alpha value is -2.93. The van der Waals surface area contributed by atoms with Gasteiger partial charge in [-0.2, -0.15) is 0 Å². The fraction of sp³-hybridized carbons (Fsp3) is 0.581. The van der Waals surface area contributed by atoms with Crippen LogP contribution in [0.1, 0.15) is 62.3 Å². The van der Waals surface area contributed by atoms with E-state index in [0.717, 1.165) is 68.7 Å². The fourth-order valence-electron chi connectivity index (χ4n) is 5.21. The molecule has 1 aliphatic carbocycles. The van der Waals surface area contributed by atoms with E-state index >= 15 is 0 Å². The summed E-state index contributed by atoms with van der Waals surface area (Å²) in [5.74, 6) is 2.88. The molecule has 0 aromatic heterocycles. The molecule has 2 atom stereocenters. The predicted octanol–water partition coefficient (Wildman–Crippen LogP) is 5.87. The minimum atomic E-state index is -0.239. The first-order chi connectivity index (χ1) is 18.3. The first-order valence-electron chi connectivity index (χ1n) is 13.7. The van der Waals surface area contributed by atoms with Gasteiger partial charge >= 0.3 is 5.97 Å². The van der Waals surface area contributed by atoms with E-state index in [-0.39, 0.29) is 23.9 Å². The highest BCUT2D eigenvalue weighted by Crippen LogP contribution is 2.40. The number of ether oxygens (including phenoxy) is 5. The van der Waals surface area contributed by atoms with Crippen LogP contribution >= 0.6 is 0 Å². The summed E-state index contributed by atoms with van der Waals surface area (Å²) in [6.45, 7) is 6.06. The summed E-state index contributed by atoms with van der Waals surface area (Å²) in [6.07, 6.45) is 5.19. The Morgan fingerprint density at radius 1 is 0.921 bits per heavy atom. The Labute approximate surface area is 228 Å². The molecule has 1 aliphatic rings. The summed E-state index contributed by atoms with van der Waals surface area (Å²) in [7, 11) is 8.71. The molecule has 2 aromatic rings. The number of likely N-dealkylation sites (N-methyl/N-ethyl adjacent to an activating group) is 1. The van der Waals surface area contributed by atoms with Gasteiger partial charge in [0.05, 0.1) is 34.4 Å². The lowest BCUT2D eigenvalue weighted by Gasteiger charge is -2.29. The van der Waals surface area contributed by atoms with Crippen LogP contribution in [-0.2, 0) is 22.4 Å². The first kappa shape index (κ1) is 29.6. The van der Waals surface area contributed by atoms with Crippen LogP contribution in [0.25, 0.3) is 0 Å². The highest BCUT2D eigenvalue weighted by molar-refractivity contribution is 5.73. The number of rotatable bonds is 14. The van der Waals surface area contributed by atoms with Crippen LogP contribution in [0.15, 0.2) is 30.3 Å². The van der Waals surface area contributed by atoms with Crippen LogP contribution in [0, 0.1) is 11.8 Å². The van der Waals surface area contributed by atoms with E-state index in [9.17, 15) is 4.79 Å². The molecule has 210 valence electrons. The Morgan fingerprint density at radius 3 is 2.24 bits per heavy atom. The molecule has 7 nitrogen and oxygen atoms in total. The maximum atomic E-state index is 13.3. The topological polar surface area (TPSA) is 66.5 Å². The van der Waals surface area contributed by atoms with Crippen molar-refractivity contribution in [3.8, 4) is 23.0 Å². The molecule has 0 fully saturated rings. The second-order valence-electron chi connectivity index (χ2n) is 10.5. The molecule has 38 heavy (non-hydrogen) atoms. The molecule has 2 aromatic carbocycles. The zero-order valence-electron chi connectivity index (χ0n) is 24.2. The first-order valence-corrected chi connectivity index (χ1v) is 13.7. The molecule has 0 heterocycles. The van der Waals surface area contributed by atoms with Gasteiger partial charge in [-0.1, -0.05) is 19.9 Å². The molecule has 0 spiro atoms. The zero-order chi connectivity index (χ0) is 27.7. The number of hydrogen-bond donors (Lipinski definition) is 0. The van der Waals surface area contributed by atoms with Gasteiger partial charge in [0.2, 0.25) is 0 Å². The molecular formula is C31H45NO6. The second-order valence-corrected chi connectivity index (χ2v) is 10.5. The third kappa shape index (κ3) is 7.56.